The van der Waals surface area contributed by atoms with Crippen molar-refractivity contribution in [2.24, 2.45) is 0 Å². The van der Waals surface area contributed by atoms with E-state index in [9.17, 15) is 4.79 Å². The third-order valence-corrected chi connectivity index (χ3v) is 5.53. The molecule has 158 valence electrons. The summed E-state index contributed by atoms with van der Waals surface area (Å²) in [6, 6.07) is 20.1. The minimum Gasteiger partial charge on any atom is -0.345 e. The molecular formula is C26H31ClN2O. The zero-order valence-corrected chi connectivity index (χ0v) is 19.1. The Morgan fingerprint density at radius 3 is 2.40 bits per heavy atom. The van der Waals surface area contributed by atoms with E-state index >= 15 is 0 Å². The molecule has 0 fully saturated rings. The van der Waals surface area contributed by atoms with Gasteiger partial charge in [0.15, 0.2) is 0 Å². The Bertz CT molecular complexity index is 983. The van der Waals surface area contributed by atoms with Crippen LogP contribution in [0.25, 0.3) is 0 Å². The third kappa shape index (κ3) is 5.54. The van der Waals surface area contributed by atoms with Crippen molar-refractivity contribution in [2.45, 2.75) is 52.6 Å². The average molecular weight is 423 g/mol. The Morgan fingerprint density at radius 1 is 1.03 bits per heavy atom. The molecule has 1 amide bonds. The molecule has 0 aliphatic carbocycles. The molecule has 0 saturated carbocycles. The Morgan fingerprint density at radius 2 is 1.77 bits per heavy atom. The molecule has 1 aromatic heterocycles. The van der Waals surface area contributed by atoms with Gasteiger partial charge < -0.3 is 9.47 Å². The van der Waals surface area contributed by atoms with Crippen molar-refractivity contribution < 1.29 is 4.79 Å². The highest BCUT2D eigenvalue weighted by molar-refractivity contribution is 6.30. The summed E-state index contributed by atoms with van der Waals surface area (Å²) in [5, 5.41) is 0.739. The van der Waals surface area contributed by atoms with E-state index in [2.05, 4.69) is 62.7 Å². The van der Waals surface area contributed by atoms with Crippen LogP contribution in [0.5, 0.6) is 0 Å². The minimum absolute atomic E-state index is 0.0752. The lowest BCUT2D eigenvalue weighted by atomic mass is 9.86. The van der Waals surface area contributed by atoms with Gasteiger partial charge in [-0.1, -0.05) is 63.6 Å². The Hall–Kier alpha value is -2.52. The molecule has 1 heterocycles. The third-order valence-electron chi connectivity index (χ3n) is 5.30. The quantitative estimate of drug-likeness (QED) is 0.424. The smallest absolute Gasteiger partial charge is 0.254 e. The van der Waals surface area contributed by atoms with Gasteiger partial charge in [0, 0.05) is 35.6 Å². The molecule has 2 aromatic carbocycles. The summed E-state index contributed by atoms with van der Waals surface area (Å²) in [5.74, 6) is 0.0767. The van der Waals surface area contributed by atoms with Crippen molar-refractivity contribution >= 4 is 17.5 Å². The second kappa shape index (κ2) is 9.53. The van der Waals surface area contributed by atoms with E-state index in [1.165, 1.54) is 5.56 Å². The number of carbonyl (C=O) groups is 1. The van der Waals surface area contributed by atoms with Crippen molar-refractivity contribution in [1.29, 1.82) is 0 Å². The second-order valence-electron chi connectivity index (χ2n) is 8.81. The van der Waals surface area contributed by atoms with Crippen molar-refractivity contribution in [3.8, 4) is 0 Å². The van der Waals surface area contributed by atoms with Crippen LogP contribution in [0.2, 0.25) is 5.02 Å². The van der Waals surface area contributed by atoms with Crippen LogP contribution in [0.4, 0.5) is 0 Å². The molecule has 3 nitrogen and oxygen atoms in total. The summed E-state index contributed by atoms with van der Waals surface area (Å²) in [5.41, 5.74) is 4.31. The topological polar surface area (TPSA) is 25.2 Å². The van der Waals surface area contributed by atoms with E-state index in [0.29, 0.717) is 6.54 Å². The molecule has 30 heavy (non-hydrogen) atoms. The van der Waals surface area contributed by atoms with Crippen LogP contribution in [0.3, 0.4) is 0 Å². The summed E-state index contributed by atoms with van der Waals surface area (Å²) in [4.78, 5) is 15.2. The number of halogens is 1. The van der Waals surface area contributed by atoms with Crippen LogP contribution in [0.15, 0.2) is 66.9 Å². The Kier molecular flexibility index (Phi) is 7.04. The molecule has 0 radical (unpaired) electrons. The van der Waals surface area contributed by atoms with E-state index in [1.807, 2.05) is 41.3 Å². The predicted octanol–water partition coefficient (Wildman–Crippen LogP) is 6.54. The van der Waals surface area contributed by atoms with E-state index in [-0.39, 0.29) is 11.3 Å². The normalized spacial score (nSPS) is 11.5. The Labute approximate surface area is 185 Å². The maximum Gasteiger partial charge on any atom is 0.254 e. The zero-order chi connectivity index (χ0) is 21.7. The second-order valence-corrected chi connectivity index (χ2v) is 9.25. The summed E-state index contributed by atoms with van der Waals surface area (Å²) >= 11 is 6.14. The Balaban J connectivity index is 1.78. The minimum atomic E-state index is 0.0752. The van der Waals surface area contributed by atoms with Gasteiger partial charge in [-0.05, 0) is 59.4 Å². The van der Waals surface area contributed by atoms with Gasteiger partial charge in [-0.25, -0.2) is 0 Å². The average Bonchev–Trinajstić information content (AvgIpc) is 3.13. The largest absolute Gasteiger partial charge is 0.345 e. The van der Waals surface area contributed by atoms with Crippen molar-refractivity contribution in [2.75, 3.05) is 6.54 Å². The molecule has 3 rings (SSSR count). The van der Waals surface area contributed by atoms with Gasteiger partial charge in [-0.2, -0.15) is 0 Å². The molecule has 0 aliphatic rings. The number of aromatic nitrogens is 1. The van der Waals surface area contributed by atoms with Crippen LogP contribution in [-0.2, 0) is 18.5 Å². The lowest BCUT2D eigenvalue weighted by Gasteiger charge is -2.24. The van der Waals surface area contributed by atoms with Gasteiger partial charge in [0.2, 0.25) is 0 Å². The number of hydrogen-bond acceptors (Lipinski definition) is 1. The summed E-state index contributed by atoms with van der Waals surface area (Å²) in [7, 11) is 0. The highest BCUT2D eigenvalue weighted by Crippen LogP contribution is 2.23. The highest BCUT2D eigenvalue weighted by atomic mass is 35.5. The number of hydrogen-bond donors (Lipinski definition) is 0. The van der Waals surface area contributed by atoms with Crippen LogP contribution in [0, 0.1) is 0 Å². The summed E-state index contributed by atoms with van der Waals surface area (Å²) < 4.78 is 2.18. The SMILES string of the molecule is CCCN(Cc1cccn1Cc1cccc(Cl)c1)C(=O)c1ccc(C(C)(C)C)cc1. The molecule has 0 aliphatic heterocycles. The number of amides is 1. The first-order valence-corrected chi connectivity index (χ1v) is 10.9. The van der Waals surface area contributed by atoms with Crippen molar-refractivity contribution in [3.63, 3.8) is 0 Å². The fraction of sp³-hybridized carbons (Fsp3) is 0.346. The molecule has 0 saturated heterocycles. The molecule has 0 unspecified atom stereocenters. The first-order valence-electron chi connectivity index (χ1n) is 10.6. The van der Waals surface area contributed by atoms with E-state index in [4.69, 9.17) is 11.6 Å². The fourth-order valence-electron chi connectivity index (χ4n) is 3.59. The number of rotatable bonds is 7. The van der Waals surface area contributed by atoms with Crippen LogP contribution in [-0.4, -0.2) is 21.9 Å². The van der Waals surface area contributed by atoms with Crippen LogP contribution < -0.4 is 0 Å². The number of carbonyl (C=O) groups excluding carboxylic acids is 1. The van der Waals surface area contributed by atoms with Gasteiger partial charge in [0.25, 0.3) is 5.91 Å². The number of benzene rings is 2. The zero-order valence-electron chi connectivity index (χ0n) is 18.4. The van der Waals surface area contributed by atoms with Crippen molar-refractivity contribution in [1.82, 2.24) is 9.47 Å². The van der Waals surface area contributed by atoms with Gasteiger partial charge in [0.05, 0.1) is 6.54 Å². The van der Waals surface area contributed by atoms with Gasteiger partial charge in [0.1, 0.15) is 0 Å². The van der Waals surface area contributed by atoms with E-state index < -0.39 is 0 Å². The van der Waals surface area contributed by atoms with Crippen molar-refractivity contribution in [3.05, 3.63) is 94.3 Å². The monoisotopic (exact) mass is 422 g/mol. The first-order chi connectivity index (χ1) is 14.3. The molecular weight excluding hydrogens is 392 g/mol. The molecule has 3 aromatic rings. The standard InChI is InChI=1S/C26H31ClN2O/c1-5-15-29(25(30)21-11-13-22(14-12-21)26(2,3)4)19-24-10-7-16-28(24)18-20-8-6-9-23(27)17-20/h6-14,16-17H,5,15,18-19H2,1-4H3. The fourth-order valence-corrected chi connectivity index (χ4v) is 3.81. The van der Waals surface area contributed by atoms with E-state index in [1.54, 1.807) is 0 Å². The van der Waals surface area contributed by atoms with Gasteiger partial charge in [-0.3, -0.25) is 4.79 Å². The molecule has 0 spiro atoms. The summed E-state index contributed by atoms with van der Waals surface area (Å²) in [6.45, 7) is 10.7. The predicted molar refractivity (Wildman–Crippen MR) is 125 cm³/mol. The molecule has 4 heteroatoms. The van der Waals surface area contributed by atoms with Crippen LogP contribution in [0.1, 0.15) is 61.3 Å². The molecule has 0 atom stereocenters. The molecule has 0 bridgehead atoms. The number of nitrogens with zero attached hydrogens (tertiary/aromatic N) is 2. The maximum absolute atomic E-state index is 13.2. The van der Waals surface area contributed by atoms with Gasteiger partial charge in [-0.15, -0.1) is 0 Å². The van der Waals surface area contributed by atoms with Gasteiger partial charge >= 0.3 is 0 Å². The summed E-state index contributed by atoms with van der Waals surface area (Å²) in [6.07, 6.45) is 2.98. The lowest BCUT2D eigenvalue weighted by Crippen LogP contribution is -2.32. The first kappa shape index (κ1) is 22.2. The maximum atomic E-state index is 13.2. The van der Waals surface area contributed by atoms with E-state index in [0.717, 1.165) is 41.4 Å². The molecule has 0 N–H and O–H groups in total. The van der Waals surface area contributed by atoms with Crippen LogP contribution >= 0.6 is 11.6 Å². The highest BCUT2D eigenvalue weighted by Gasteiger charge is 2.19. The lowest BCUT2D eigenvalue weighted by molar-refractivity contribution is 0.0739.